The first kappa shape index (κ1) is 14.7. The van der Waals surface area contributed by atoms with Crippen molar-refractivity contribution in [3.8, 4) is 11.5 Å². The Morgan fingerprint density at radius 2 is 2.00 bits per heavy atom. The topological polar surface area (TPSA) is 72.8 Å². The lowest BCUT2D eigenvalue weighted by Gasteiger charge is -2.24. The van der Waals surface area contributed by atoms with Gasteiger partial charge in [0, 0.05) is 0 Å². The lowest BCUT2D eigenvalue weighted by Crippen LogP contribution is -2.23. The van der Waals surface area contributed by atoms with E-state index in [1.807, 2.05) is 11.8 Å². The van der Waals surface area contributed by atoms with Gasteiger partial charge in [0.15, 0.2) is 11.5 Å². The van der Waals surface area contributed by atoms with Gasteiger partial charge in [0.2, 0.25) is 0 Å². The van der Waals surface area contributed by atoms with Crippen LogP contribution in [0.5, 0.6) is 11.5 Å². The summed E-state index contributed by atoms with van der Waals surface area (Å²) in [5, 5.41) is 8.82. The maximum atomic E-state index is 11.6. The number of thioether (sulfide) groups is 1. The van der Waals surface area contributed by atoms with Crippen LogP contribution in [0, 0.1) is 0 Å². The molecule has 1 aromatic carbocycles. The predicted octanol–water partition coefficient (Wildman–Crippen LogP) is 2.24. The van der Waals surface area contributed by atoms with Gasteiger partial charge in [-0.15, -0.1) is 0 Å². The fraction of sp³-hybridized carbons (Fsp3) is 0.429. The summed E-state index contributed by atoms with van der Waals surface area (Å²) in [6.07, 6.45) is 1.95. The fourth-order valence-electron chi connectivity index (χ4n) is 2.09. The molecule has 1 aliphatic rings. The molecule has 0 bridgehead atoms. The fourth-order valence-corrected chi connectivity index (χ4v) is 3.15. The first-order valence-electron chi connectivity index (χ1n) is 6.32. The number of carbonyl (C=O) groups excluding carboxylic acids is 1. The molecule has 1 N–H and O–H groups in total. The Morgan fingerprint density at radius 1 is 1.30 bits per heavy atom. The molecule has 2 rings (SSSR count). The van der Waals surface area contributed by atoms with E-state index in [0.717, 1.165) is 24.3 Å². The number of Topliss-reactive ketones (excluding diaryl/α,β-unsaturated/α-hetero) is 1. The van der Waals surface area contributed by atoms with Crippen molar-refractivity contribution in [3.05, 3.63) is 23.8 Å². The first-order chi connectivity index (χ1) is 9.63. The van der Waals surface area contributed by atoms with Crippen LogP contribution in [0.1, 0.15) is 23.2 Å². The zero-order valence-corrected chi connectivity index (χ0v) is 11.9. The maximum absolute atomic E-state index is 11.6. The second-order valence-electron chi connectivity index (χ2n) is 4.40. The van der Waals surface area contributed by atoms with Gasteiger partial charge in [0.05, 0.1) is 12.7 Å². The number of ketones is 1. The Morgan fingerprint density at radius 3 is 2.60 bits per heavy atom. The van der Waals surface area contributed by atoms with E-state index in [1.54, 1.807) is 12.1 Å². The zero-order valence-electron chi connectivity index (χ0n) is 11.1. The zero-order chi connectivity index (χ0) is 14.5. The molecule has 1 saturated heterocycles. The molecule has 0 unspecified atom stereocenters. The highest BCUT2D eigenvalue weighted by molar-refractivity contribution is 7.99. The molecule has 0 radical (unpaired) electrons. The van der Waals surface area contributed by atoms with Gasteiger partial charge in [-0.05, 0) is 36.5 Å². The number of benzene rings is 1. The van der Waals surface area contributed by atoms with Crippen molar-refractivity contribution in [2.75, 3.05) is 18.6 Å². The van der Waals surface area contributed by atoms with Crippen LogP contribution in [0.2, 0.25) is 0 Å². The van der Waals surface area contributed by atoms with Gasteiger partial charge in [-0.1, -0.05) is 6.07 Å². The number of carbonyl (C=O) groups is 2. The minimum Gasteiger partial charge on any atom is -0.492 e. The van der Waals surface area contributed by atoms with Crippen molar-refractivity contribution in [1.29, 1.82) is 0 Å². The van der Waals surface area contributed by atoms with Crippen molar-refractivity contribution in [1.82, 2.24) is 0 Å². The molecule has 0 aromatic heterocycles. The van der Waals surface area contributed by atoms with Gasteiger partial charge < -0.3 is 14.6 Å². The van der Waals surface area contributed by atoms with Gasteiger partial charge in [0.1, 0.15) is 6.10 Å². The highest BCUT2D eigenvalue weighted by Gasteiger charge is 2.24. The van der Waals surface area contributed by atoms with Crippen LogP contribution in [0.3, 0.4) is 0 Å². The summed E-state index contributed by atoms with van der Waals surface area (Å²) in [7, 11) is 1.40. The predicted molar refractivity (Wildman–Crippen MR) is 75.9 cm³/mol. The molecule has 0 amide bonds. The largest absolute Gasteiger partial charge is 0.492 e. The Labute approximate surface area is 121 Å². The smallest absolute Gasteiger partial charge is 0.377 e. The van der Waals surface area contributed by atoms with Crippen LogP contribution in [0.15, 0.2) is 18.2 Å². The summed E-state index contributed by atoms with van der Waals surface area (Å²) >= 11 is 1.89. The Bertz CT molecular complexity index is 508. The van der Waals surface area contributed by atoms with E-state index in [4.69, 9.17) is 14.6 Å². The maximum Gasteiger partial charge on any atom is 0.377 e. The molecule has 0 saturated carbocycles. The van der Waals surface area contributed by atoms with E-state index in [-0.39, 0.29) is 17.4 Å². The average molecular weight is 296 g/mol. The third-order valence-corrected chi connectivity index (χ3v) is 4.13. The second kappa shape index (κ2) is 6.65. The summed E-state index contributed by atoms with van der Waals surface area (Å²) in [5.74, 6) is 0.206. The van der Waals surface area contributed by atoms with E-state index in [2.05, 4.69) is 0 Å². The lowest BCUT2D eigenvalue weighted by molar-refractivity contribution is -0.131. The van der Waals surface area contributed by atoms with Crippen molar-refractivity contribution in [2.24, 2.45) is 0 Å². The Kier molecular flexibility index (Phi) is 4.89. The highest BCUT2D eigenvalue weighted by Crippen LogP contribution is 2.34. The number of rotatable bonds is 5. The monoisotopic (exact) mass is 296 g/mol. The van der Waals surface area contributed by atoms with Crippen LogP contribution in [-0.4, -0.2) is 41.6 Å². The molecule has 1 aromatic rings. The third-order valence-electron chi connectivity index (χ3n) is 3.08. The van der Waals surface area contributed by atoms with Crippen molar-refractivity contribution in [2.45, 2.75) is 18.9 Å². The van der Waals surface area contributed by atoms with Crippen molar-refractivity contribution >= 4 is 23.5 Å². The van der Waals surface area contributed by atoms with Crippen LogP contribution < -0.4 is 9.47 Å². The van der Waals surface area contributed by atoms with Crippen molar-refractivity contribution < 1.29 is 24.2 Å². The summed E-state index contributed by atoms with van der Waals surface area (Å²) < 4.78 is 11.0. The number of ether oxygens (including phenoxy) is 2. The summed E-state index contributed by atoms with van der Waals surface area (Å²) in [6.45, 7) is 0. The van der Waals surface area contributed by atoms with Gasteiger partial charge in [0.25, 0.3) is 5.78 Å². The molecule has 0 aliphatic carbocycles. The lowest BCUT2D eigenvalue weighted by atomic mass is 10.1. The van der Waals surface area contributed by atoms with E-state index < -0.39 is 11.8 Å². The molecular formula is C14H16O5S. The minimum atomic E-state index is -1.51. The highest BCUT2D eigenvalue weighted by atomic mass is 32.2. The average Bonchev–Trinajstić information content (AvgIpc) is 2.47. The number of para-hydroxylation sites is 1. The van der Waals surface area contributed by atoms with Crippen LogP contribution >= 0.6 is 11.8 Å². The van der Waals surface area contributed by atoms with Crippen LogP contribution in [-0.2, 0) is 4.79 Å². The first-order valence-corrected chi connectivity index (χ1v) is 7.48. The normalized spacial score (nSPS) is 15.7. The standard InChI is InChI=1S/C14H16O5S/c1-18-13-10(12(15)14(16)17)3-2-4-11(13)19-9-5-7-20-8-6-9/h2-4,9H,5-8H2,1H3,(H,16,17). The van der Waals surface area contributed by atoms with Gasteiger partial charge in [-0.2, -0.15) is 11.8 Å². The molecule has 5 nitrogen and oxygen atoms in total. The summed E-state index contributed by atoms with van der Waals surface area (Å²) in [5.41, 5.74) is 0.0164. The number of methoxy groups -OCH3 is 1. The summed E-state index contributed by atoms with van der Waals surface area (Å²) in [4.78, 5) is 22.5. The quantitative estimate of drug-likeness (QED) is 0.663. The third kappa shape index (κ3) is 3.25. The Balaban J connectivity index is 2.26. The molecule has 20 heavy (non-hydrogen) atoms. The summed E-state index contributed by atoms with van der Waals surface area (Å²) in [6, 6.07) is 4.73. The number of hydrogen-bond donors (Lipinski definition) is 1. The van der Waals surface area contributed by atoms with Crippen molar-refractivity contribution in [3.63, 3.8) is 0 Å². The molecule has 0 spiro atoms. The van der Waals surface area contributed by atoms with E-state index in [9.17, 15) is 9.59 Å². The van der Waals surface area contributed by atoms with E-state index in [1.165, 1.54) is 13.2 Å². The molecule has 6 heteroatoms. The van der Waals surface area contributed by atoms with E-state index in [0.29, 0.717) is 5.75 Å². The molecule has 1 heterocycles. The molecule has 1 aliphatic heterocycles. The van der Waals surface area contributed by atoms with Crippen LogP contribution in [0.25, 0.3) is 0 Å². The molecular weight excluding hydrogens is 280 g/mol. The van der Waals surface area contributed by atoms with Gasteiger partial charge in [-0.25, -0.2) is 4.79 Å². The Hall–Kier alpha value is -1.69. The van der Waals surface area contributed by atoms with Gasteiger partial charge >= 0.3 is 5.97 Å². The number of hydrogen-bond acceptors (Lipinski definition) is 5. The molecule has 1 fully saturated rings. The number of carboxylic acid groups (broad SMARTS) is 1. The number of carboxylic acids is 1. The van der Waals surface area contributed by atoms with Crippen LogP contribution in [0.4, 0.5) is 0 Å². The SMILES string of the molecule is COc1c(OC2CCSCC2)cccc1C(=O)C(=O)O. The second-order valence-corrected chi connectivity index (χ2v) is 5.63. The van der Waals surface area contributed by atoms with E-state index >= 15 is 0 Å². The molecule has 0 atom stereocenters. The van der Waals surface area contributed by atoms with Gasteiger partial charge in [-0.3, -0.25) is 4.79 Å². The molecule has 108 valence electrons. The minimum absolute atomic E-state index is 0.0164. The number of aliphatic carboxylic acids is 1.